The molecule has 0 atom stereocenters. The van der Waals surface area contributed by atoms with Gasteiger partial charge in [0.2, 0.25) is 0 Å². The van der Waals surface area contributed by atoms with E-state index in [1.807, 2.05) is 18.2 Å². The van der Waals surface area contributed by atoms with Gasteiger partial charge in [-0.2, -0.15) is 0 Å². The third-order valence-electron chi connectivity index (χ3n) is 2.75. The number of ether oxygens (including phenoxy) is 1. The third kappa shape index (κ3) is 2.50. The Hall–Kier alpha value is -1.91. The van der Waals surface area contributed by atoms with Crippen LogP contribution in [0.3, 0.4) is 0 Å². The zero-order valence-corrected chi connectivity index (χ0v) is 10.1. The molecular formula is C14H15NO3. The van der Waals surface area contributed by atoms with Gasteiger partial charge in [0.15, 0.2) is 0 Å². The van der Waals surface area contributed by atoms with Crippen LogP contribution < -0.4 is 4.74 Å². The summed E-state index contributed by atoms with van der Waals surface area (Å²) in [7, 11) is 1.57. The molecule has 94 valence electrons. The molecule has 0 saturated carbocycles. The van der Waals surface area contributed by atoms with Crippen LogP contribution in [0.4, 0.5) is 0 Å². The summed E-state index contributed by atoms with van der Waals surface area (Å²) < 4.78 is 5.15. The van der Waals surface area contributed by atoms with E-state index in [9.17, 15) is 5.11 Å². The summed E-state index contributed by atoms with van der Waals surface area (Å²) in [5.74, 6) is 0.652. The normalized spacial score (nSPS) is 10.4. The monoisotopic (exact) mass is 245 g/mol. The lowest BCUT2D eigenvalue weighted by Crippen LogP contribution is -1.94. The van der Waals surface area contributed by atoms with Crippen molar-refractivity contribution >= 4 is 0 Å². The quantitative estimate of drug-likeness (QED) is 0.861. The third-order valence-corrected chi connectivity index (χ3v) is 2.75. The number of benzene rings is 1. The number of rotatable bonds is 4. The van der Waals surface area contributed by atoms with Crippen molar-refractivity contribution in [2.45, 2.75) is 13.2 Å². The van der Waals surface area contributed by atoms with Gasteiger partial charge < -0.3 is 14.9 Å². The molecule has 0 fully saturated rings. The van der Waals surface area contributed by atoms with Crippen LogP contribution in [-0.2, 0) is 13.2 Å². The molecule has 0 saturated heterocycles. The van der Waals surface area contributed by atoms with Crippen LogP contribution in [-0.4, -0.2) is 22.3 Å². The molecule has 0 aliphatic carbocycles. The number of methoxy groups -OCH3 is 1. The maximum absolute atomic E-state index is 9.28. The van der Waals surface area contributed by atoms with E-state index in [2.05, 4.69) is 4.98 Å². The first-order chi connectivity index (χ1) is 8.78. The standard InChI is InChI=1S/C14H15NO3/c1-18-14-3-2-11(7-12(14)9-17)13-6-10(8-16)4-5-15-13/h2-7,16-17H,8-9H2,1H3. The number of hydrogen-bond acceptors (Lipinski definition) is 4. The van der Waals surface area contributed by atoms with Crippen molar-refractivity contribution in [2.24, 2.45) is 0 Å². The van der Waals surface area contributed by atoms with Gasteiger partial charge in [0, 0.05) is 17.3 Å². The Morgan fingerprint density at radius 3 is 2.61 bits per heavy atom. The Balaban J connectivity index is 2.43. The van der Waals surface area contributed by atoms with Crippen molar-refractivity contribution in [3.63, 3.8) is 0 Å². The summed E-state index contributed by atoms with van der Waals surface area (Å²) in [5, 5.41) is 18.4. The number of pyridine rings is 1. The van der Waals surface area contributed by atoms with Gasteiger partial charge in [-0.15, -0.1) is 0 Å². The maximum Gasteiger partial charge on any atom is 0.124 e. The van der Waals surface area contributed by atoms with Gasteiger partial charge in [0.05, 0.1) is 26.0 Å². The minimum Gasteiger partial charge on any atom is -0.496 e. The fourth-order valence-electron chi connectivity index (χ4n) is 1.79. The second kappa shape index (κ2) is 5.62. The number of hydrogen-bond donors (Lipinski definition) is 2. The van der Waals surface area contributed by atoms with Crippen LogP contribution in [0.25, 0.3) is 11.3 Å². The van der Waals surface area contributed by atoms with Crippen molar-refractivity contribution in [1.82, 2.24) is 4.98 Å². The molecule has 0 bridgehead atoms. The first-order valence-electron chi connectivity index (χ1n) is 5.62. The number of aliphatic hydroxyl groups excluding tert-OH is 2. The molecule has 2 aromatic rings. The molecule has 18 heavy (non-hydrogen) atoms. The van der Waals surface area contributed by atoms with Crippen molar-refractivity contribution < 1.29 is 14.9 Å². The molecule has 1 aromatic heterocycles. The fraction of sp³-hybridized carbons (Fsp3) is 0.214. The van der Waals surface area contributed by atoms with Crippen LogP contribution in [0.1, 0.15) is 11.1 Å². The molecule has 1 heterocycles. The van der Waals surface area contributed by atoms with Crippen LogP contribution in [0.15, 0.2) is 36.5 Å². The highest BCUT2D eigenvalue weighted by molar-refractivity contribution is 5.62. The summed E-state index contributed by atoms with van der Waals surface area (Å²) in [6, 6.07) is 9.10. The Morgan fingerprint density at radius 1 is 1.11 bits per heavy atom. The van der Waals surface area contributed by atoms with Crippen LogP contribution in [0, 0.1) is 0 Å². The Morgan fingerprint density at radius 2 is 1.94 bits per heavy atom. The molecule has 2 rings (SSSR count). The Bertz CT molecular complexity index is 540. The highest BCUT2D eigenvalue weighted by Gasteiger charge is 2.06. The minimum atomic E-state index is -0.0866. The van der Waals surface area contributed by atoms with E-state index in [4.69, 9.17) is 9.84 Å². The van der Waals surface area contributed by atoms with Gasteiger partial charge in [-0.05, 0) is 35.9 Å². The average Bonchev–Trinajstić information content (AvgIpc) is 2.46. The van der Waals surface area contributed by atoms with Crippen molar-refractivity contribution in [1.29, 1.82) is 0 Å². The molecule has 4 heteroatoms. The first kappa shape index (κ1) is 12.5. The summed E-state index contributed by atoms with van der Waals surface area (Å²) in [5.41, 5.74) is 3.17. The zero-order chi connectivity index (χ0) is 13.0. The van der Waals surface area contributed by atoms with Gasteiger partial charge in [-0.1, -0.05) is 0 Å². The average molecular weight is 245 g/mol. The number of aromatic nitrogens is 1. The van der Waals surface area contributed by atoms with Gasteiger partial charge in [-0.3, -0.25) is 4.98 Å². The highest BCUT2D eigenvalue weighted by Crippen LogP contribution is 2.25. The lowest BCUT2D eigenvalue weighted by molar-refractivity contribution is 0.274. The van der Waals surface area contributed by atoms with Crippen molar-refractivity contribution in [3.05, 3.63) is 47.7 Å². The summed E-state index contributed by atoms with van der Waals surface area (Å²) in [4.78, 5) is 4.25. The molecule has 4 nitrogen and oxygen atoms in total. The van der Waals surface area contributed by atoms with Gasteiger partial charge in [-0.25, -0.2) is 0 Å². The van der Waals surface area contributed by atoms with Crippen LogP contribution >= 0.6 is 0 Å². The molecule has 0 amide bonds. The molecule has 0 aliphatic rings. The zero-order valence-electron chi connectivity index (χ0n) is 10.1. The second-order valence-corrected chi connectivity index (χ2v) is 3.89. The predicted octanol–water partition coefficient (Wildman–Crippen LogP) is 1.74. The molecular weight excluding hydrogens is 230 g/mol. The van der Waals surface area contributed by atoms with E-state index in [0.717, 1.165) is 16.8 Å². The molecule has 1 aromatic carbocycles. The SMILES string of the molecule is COc1ccc(-c2cc(CO)ccn2)cc1CO. The predicted molar refractivity (Wildman–Crippen MR) is 68.1 cm³/mol. The van der Waals surface area contributed by atoms with Crippen LogP contribution in [0.2, 0.25) is 0 Å². The smallest absolute Gasteiger partial charge is 0.124 e. The number of aliphatic hydroxyl groups is 2. The second-order valence-electron chi connectivity index (χ2n) is 3.89. The van der Waals surface area contributed by atoms with E-state index in [0.29, 0.717) is 11.3 Å². The molecule has 2 N–H and O–H groups in total. The largest absolute Gasteiger partial charge is 0.496 e. The summed E-state index contributed by atoms with van der Waals surface area (Å²) >= 11 is 0. The Labute approximate surface area is 106 Å². The molecule has 0 unspecified atom stereocenters. The van der Waals surface area contributed by atoms with E-state index in [1.165, 1.54) is 0 Å². The van der Waals surface area contributed by atoms with E-state index in [-0.39, 0.29) is 13.2 Å². The minimum absolute atomic E-state index is 0.0153. The Kier molecular flexibility index (Phi) is 3.92. The van der Waals surface area contributed by atoms with E-state index in [1.54, 1.807) is 25.4 Å². The summed E-state index contributed by atoms with van der Waals surface area (Å²) in [6.07, 6.45) is 1.66. The van der Waals surface area contributed by atoms with Gasteiger partial charge in [0.25, 0.3) is 0 Å². The highest BCUT2D eigenvalue weighted by atomic mass is 16.5. The molecule has 0 radical (unpaired) electrons. The van der Waals surface area contributed by atoms with E-state index < -0.39 is 0 Å². The van der Waals surface area contributed by atoms with Gasteiger partial charge in [0.1, 0.15) is 5.75 Å². The summed E-state index contributed by atoms with van der Waals surface area (Å²) in [6.45, 7) is -0.102. The maximum atomic E-state index is 9.28. The van der Waals surface area contributed by atoms with Crippen molar-refractivity contribution in [3.8, 4) is 17.0 Å². The van der Waals surface area contributed by atoms with E-state index >= 15 is 0 Å². The lowest BCUT2D eigenvalue weighted by Gasteiger charge is -2.09. The van der Waals surface area contributed by atoms with Crippen molar-refractivity contribution in [2.75, 3.05) is 7.11 Å². The first-order valence-corrected chi connectivity index (χ1v) is 5.62. The van der Waals surface area contributed by atoms with Crippen LogP contribution in [0.5, 0.6) is 5.75 Å². The molecule has 0 spiro atoms. The van der Waals surface area contributed by atoms with Gasteiger partial charge >= 0.3 is 0 Å². The lowest BCUT2D eigenvalue weighted by atomic mass is 10.1. The fourth-order valence-corrected chi connectivity index (χ4v) is 1.79. The number of nitrogens with zero attached hydrogens (tertiary/aromatic N) is 1. The topological polar surface area (TPSA) is 62.6 Å². The molecule has 0 aliphatic heterocycles.